The Bertz CT molecular complexity index is 731. The molecule has 0 spiro atoms. The fraction of sp³-hybridized carbons (Fsp3) is 0.133. The zero-order valence-electron chi connectivity index (χ0n) is 11.3. The number of carbonyl (C=O) groups is 1. The number of amides is 1. The summed E-state index contributed by atoms with van der Waals surface area (Å²) >= 11 is 5.93. The second-order valence-corrected chi connectivity index (χ2v) is 5.14. The molecule has 6 heteroatoms. The summed E-state index contributed by atoms with van der Waals surface area (Å²) in [6.07, 6.45) is 0. The minimum absolute atomic E-state index is 0.152. The average molecular weight is 305 g/mol. The fourth-order valence-corrected chi connectivity index (χ4v) is 2.27. The summed E-state index contributed by atoms with van der Waals surface area (Å²) in [5, 5.41) is 3.27. The maximum absolute atomic E-state index is 12.3. The van der Waals surface area contributed by atoms with Gasteiger partial charge in [0.25, 0.3) is 5.91 Å². The van der Waals surface area contributed by atoms with Crippen molar-refractivity contribution in [3.05, 3.63) is 46.5 Å². The van der Waals surface area contributed by atoms with Gasteiger partial charge in [-0.15, -0.1) is 0 Å². The normalized spacial score (nSPS) is 12.3. The highest BCUT2D eigenvalue weighted by atomic mass is 35.5. The second-order valence-electron chi connectivity index (χ2n) is 4.71. The van der Waals surface area contributed by atoms with Gasteiger partial charge in [0.2, 0.25) is 6.79 Å². The highest BCUT2D eigenvalue weighted by Gasteiger charge is 2.18. The molecule has 1 aliphatic rings. The number of hydrogen-bond acceptors (Lipinski definition) is 4. The van der Waals surface area contributed by atoms with Gasteiger partial charge in [0.05, 0.1) is 11.4 Å². The molecule has 21 heavy (non-hydrogen) atoms. The number of halogens is 1. The standard InChI is InChI=1S/C15H13ClN2O3/c1-8-2-3-9(16)4-10(8)15(19)18-12-6-14-13(5-11(12)17)20-7-21-14/h2-6H,7,17H2,1H3,(H,18,19). The predicted octanol–water partition coefficient (Wildman–Crippen LogP) is 3.21. The molecular formula is C15H13ClN2O3. The fourth-order valence-electron chi connectivity index (χ4n) is 2.09. The van der Waals surface area contributed by atoms with E-state index in [1.54, 1.807) is 30.3 Å². The Hall–Kier alpha value is -2.40. The van der Waals surface area contributed by atoms with Crippen molar-refractivity contribution in [1.82, 2.24) is 0 Å². The molecule has 5 nitrogen and oxygen atoms in total. The van der Waals surface area contributed by atoms with E-state index in [9.17, 15) is 4.79 Å². The van der Waals surface area contributed by atoms with Gasteiger partial charge in [0.15, 0.2) is 11.5 Å². The van der Waals surface area contributed by atoms with Gasteiger partial charge in [-0.3, -0.25) is 4.79 Å². The molecule has 0 radical (unpaired) electrons. The number of nitrogen functional groups attached to an aromatic ring is 1. The summed E-state index contributed by atoms with van der Waals surface area (Å²) < 4.78 is 10.5. The molecule has 108 valence electrons. The molecule has 0 aromatic heterocycles. The van der Waals surface area contributed by atoms with Crippen LogP contribution in [0.3, 0.4) is 0 Å². The molecule has 0 unspecified atom stereocenters. The summed E-state index contributed by atoms with van der Waals surface area (Å²) in [7, 11) is 0. The monoisotopic (exact) mass is 304 g/mol. The Labute approximate surface area is 126 Å². The maximum Gasteiger partial charge on any atom is 0.256 e. The van der Waals surface area contributed by atoms with Crippen molar-refractivity contribution in [1.29, 1.82) is 0 Å². The van der Waals surface area contributed by atoms with E-state index in [1.807, 2.05) is 6.92 Å². The molecule has 1 heterocycles. The molecule has 2 aromatic carbocycles. The van der Waals surface area contributed by atoms with E-state index < -0.39 is 0 Å². The second kappa shape index (κ2) is 5.18. The minimum Gasteiger partial charge on any atom is -0.454 e. The zero-order chi connectivity index (χ0) is 15.0. The van der Waals surface area contributed by atoms with E-state index in [-0.39, 0.29) is 12.7 Å². The number of hydrogen-bond donors (Lipinski definition) is 2. The SMILES string of the molecule is Cc1ccc(Cl)cc1C(=O)Nc1cc2c(cc1N)OCO2. The molecule has 0 saturated carbocycles. The van der Waals surface area contributed by atoms with Crippen LogP contribution in [0.5, 0.6) is 11.5 Å². The van der Waals surface area contributed by atoms with Gasteiger partial charge in [0, 0.05) is 22.7 Å². The Morgan fingerprint density at radius 1 is 1.24 bits per heavy atom. The summed E-state index contributed by atoms with van der Waals surface area (Å²) in [4.78, 5) is 12.3. The first-order chi connectivity index (χ1) is 10.0. The number of benzene rings is 2. The van der Waals surface area contributed by atoms with Crippen LogP contribution in [-0.4, -0.2) is 12.7 Å². The van der Waals surface area contributed by atoms with Crippen LogP contribution in [0.15, 0.2) is 30.3 Å². The van der Waals surface area contributed by atoms with Gasteiger partial charge in [-0.1, -0.05) is 17.7 Å². The largest absolute Gasteiger partial charge is 0.454 e. The predicted molar refractivity (Wildman–Crippen MR) is 81.1 cm³/mol. The number of anilines is 2. The van der Waals surface area contributed by atoms with Gasteiger partial charge >= 0.3 is 0 Å². The number of aryl methyl sites for hydroxylation is 1. The van der Waals surface area contributed by atoms with Gasteiger partial charge in [0.1, 0.15) is 0 Å². The number of carbonyl (C=O) groups excluding carboxylic acids is 1. The molecule has 3 rings (SSSR count). The van der Waals surface area contributed by atoms with Crippen LogP contribution in [0.4, 0.5) is 11.4 Å². The number of fused-ring (bicyclic) bond motifs is 1. The van der Waals surface area contributed by atoms with Crippen molar-refractivity contribution < 1.29 is 14.3 Å². The van der Waals surface area contributed by atoms with E-state index in [4.69, 9.17) is 26.8 Å². The number of ether oxygens (including phenoxy) is 2. The minimum atomic E-state index is -0.277. The lowest BCUT2D eigenvalue weighted by Crippen LogP contribution is -2.14. The van der Waals surface area contributed by atoms with Crippen molar-refractivity contribution in [2.45, 2.75) is 6.92 Å². The maximum atomic E-state index is 12.3. The molecule has 1 aliphatic heterocycles. The number of nitrogens with one attached hydrogen (secondary N) is 1. The summed E-state index contributed by atoms with van der Waals surface area (Å²) in [5.74, 6) is 0.854. The highest BCUT2D eigenvalue weighted by molar-refractivity contribution is 6.31. The van der Waals surface area contributed by atoms with Crippen molar-refractivity contribution in [3.63, 3.8) is 0 Å². The third kappa shape index (κ3) is 2.60. The number of rotatable bonds is 2. The molecule has 0 fully saturated rings. The van der Waals surface area contributed by atoms with Crippen molar-refractivity contribution in [2.24, 2.45) is 0 Å². The Morgan fingerprint density at radius 3 is 2.71 bits per heavy atom. The molecule has 2 aromatic rings. The van der Waals surface area contributed by atoms with Gasteiger partial charge in [-0.05, 0) is 24.6 Å². The van der Waals surface area contributed by atoms with Crippen LogP contribution in [0.1, 0.15) is 15.9 Å². The first-order valence-corrected chi connectivity index (χ1v) is 6.69. The van der Waals surface area contributed by atoms with Gasteiger partial charge < -0.3 is 20.5 Å². The first-order valence-electron chi connectivity index (χ1n) is 6.31. The van der Waals surface area contributed by atoms with E-state index in [0.717, 1.165) is 5.56 Å². The van der Waals surface area contributed by atoms with E-state index in [2.05, 4.69) is 5.32 Å². The lowest BCUT2D eigenvalue weighted by atomic mass is 10.1. The van der Waals surface area contributed by atoms with Crippen LogP contribution < -0.4 is 20.5 Å². The van der Waals surface area contributed by atoms with Gasteiger partial charge in [-0.25, -0.2) is 0 Å². The van der Waals surface area contributed by atoms with E-state index in [0.29, 0.717) is 33.5 Å². The molecule has 0 aliphatic carbocycles. The van der Waals surface area contributed by atoms with Crippen molar-refractivity contribution in [3.8, 4) is 11.5 Å². The molecular weight excluding hydrogens is 292 g/mol. The molecule has 0 saturated heterocycles. The summed E-state index contributed by atoms with van der Waals surface area (Å²) in [6.45, 7) is 1.99. The van der Waals surface area contributed by atoms with Crippen molar-refractivity contribution >= 4 is 28.9 Å². The Kier molecular flexibility index (Phi) is 3.35. The lowest BCUT2D eigenvalue weighted by Gasteiger charge is -2.11. The van der Waals surface area contributed by atoms with Crippen LogP contribution in [0, 0.1) is 6.92 Å². The molecule has 0 atom stereocenters. The van der Waals surface area contributed by atoms with Crippen LogP contribution in [-0.2, 0) is 0 Å². The third-order valence-corrected chi connectivity index (χ3v) is 3.47. The summed E-state index contributed by atoms with van der Waals surface area (Å²) in [5.41, 5.74) is 8.13. The van der Waals surface area contributed by atoms with Crippen LogP contribution in [0.2, 0.25) is 5.02 Å². The quantitative estimate of drug-likeness (QED) is 0.836. The smallest absolute Gasteiger partial charge is 0.256 e. The van der Waals surface area contributed by atoms with E-state index >= 15 is 0 Å². The Morgan fingerprint density at radius 2 is 1.95 bits per heavy atom. The first kappa shape index (κ1) is 13.6. The molecule has 3 N–H and O–H groups in total. The van der Waals surface area contributed by atoms with E-state index in [1.165, 1.54) is 0 Å². The van der Waals surface area contributed by atoms with Crippen LogP contribution in [0.25, 0.3) is 0 Å². The molecule has 0 bridgehead atoms. The van der Waals surface area contributed by atoms with Crippen LogP contribution >= 0.6 is 11.6 Å². The molecule has 1 amide bonds. The van der Waals surface area contributed by atoms with Crippen molar-refractivity contribution in [2.75, 3.05) is 17.8 Å². The van der Waals surface area contributed by atoms with Gasteiger partial charge in [-0.2, -0.15) is 0 Å². The lowest BCUT2D eigenvalue weighted by molar-refractivity contribution is 0.102. The Balaban J connectivity index is 1.90. The highest BCUT2D eigenvalue weighted by Crippen LogP contribution is 2.38. The zero-order valence-corrected chi connectivity index (χ0v) is 12.0. The average Bonchev–Trinajstić information content (AvgIpc) is 2.88. The topological polar surface area (TPSA) is 73.6 Å². The number of nitrogens with two attached hydrogens (primary N) is 1. The summed E-state index contributed by atoms with van der Waals surface area (Å²) in [6, 6.07) is 8.43. The third-order valence-electron chi connectivity index (χ3n) is 3.24.